The van der Waals surface area contributed by atoms with E-state index < -0.39 is 23.8 Å². The van der Waals surface area contributed by atoms with E-state index in [1.807, 2.05) is 6.07 Å². The number of primary amides is 1. The molecule has 0 saturated heterocycles. The number of carbonyl (C=O) groups is 3. The van der Waals surface area contributed by atoms with Gasteiger partial charge in [-0.3, -0.25) is 14.4 Å². The maximum absolute atomic E-state index is 13.1. The normalized spacial score (nSPS) is 11.3. The Morgan fingerprint density at radius 3 is 2.19 bits per heavy atom. The van der Waals surface area contributed by atoms with E-state index in [9.17, 15) is 14.4 Å². The van der Waals surface area contributed by atoms with Crippen LogP contribution in [0.25, 0.3) is 0 Å². The molecule has 3 amide bonds. The smallest absolute Gasteiger partial charge is 0.313 e. The molecule has 31 heavy (non-hydrogen) atoms. The van der Waals surface area contributed by atoms with Gasteiger partial charge in [-0.25, -0.2) is 0 Å². The van der Waals surface area contributed by atoms with E-state index in [4.69, 9.17) is 33.7 Å². The van der Waals surface area contributed by atoms with Crippen LogP contribution in [0.4, 0.5) is 11.4 Å². The zero-order valence-electron chi connectivity index (χ0n) is 16.0. The van der Waals surface area contributed by atoms with Gasteiger partial charge < -0.3 is 21.1 Å². The van der Waals surface area contributed by atoms with Gasteiger partial charge in [0.1, 0.15) is 5.75 Å². The van der Waals surface area contributed by atoms with Gasteiger partial charge in [0.15, 0.2) is 0 Å². The number of ether oxygens (including phenoxy) is 1. The highest BCUT2D eigenvalue weighted by Gasteiger charge is 2.24. The molecule has 3 rings (SSSR count). The highest BCUT2D eigenvalue weighted by Crippen LogP contribution is 2.32. The minimum absolute atomic E-state index is 0.251. The molecule has 0 aliphatic carbocycles. The second kappa shape index (κ2) is 9.97. The van der Waals surface area contributed by atoms with Gasteiger partial charge in [-0.05, 0) is 30.3 Å². The van der Waals surface area contributed by atoms with Gasteiger partial charge in [-0.2, -0.15) is 0 Å². The highest BCUT2D eigenvalue weighted by molar-refractivity contribution is 6.39. The van der Waals surface area contributed by atoms with Gasteiger partial charge in [-0.1, -0.05) is 59.6 Å². The number of amides is 3. The molecule has 0 aliphatic heterocycles. The van der Waals surface area contributed by atoms with Crippen LogP contribution in [0.15, 0.2) is 72.8 Å². The largest absolute Gasteiger partial charge is 0.474 e. The predicted molar refractivity (Wildman–Crippen MR) is 119 cm³/mol. The molecular formula is C22H17Cl2N3O4. The number of nitrogens with one attached hydrogen (secondary N) is 2. The van der Waals surface area contributed by atoms with E-state index >= 15 is 0 Å². The Morgan fingerprint density at radius 2 is 1.52 bits per heavy atom. The van der Waals surface area contributed by atoms with Gasteiger partial charge in [0.25, 0.3) is 5.91 Å². The van der Waals surface area contributed by atoms with Crippen molar-refractivity contribution in [2.24, 2.45) is 5.73 Å². The molecule has 0 saturated carbocycles. The molecule has 9 heteroatoms. The van der Waals surface area contributed by atoms with Crippen LogP contribution in [0.2, 0.25) is 10.0 Å². The third kappa shape index (κ3) is 5.97. The zero-order valence-corrected chi connectivity index (χ0v) is 17.5. The van der Waals surface area contributed by atoms with E-state index in [0.717, 1.165) is 0 Å². The summed E-state index contributed by atoms with van der Waals surface area (Å²) < 4.78 is 5.91. The molecule has 0 spiro atoms. The van der Waals surface area contributed by atoms with Crippen LogP contribution < -0.4 is 21.1 Å². The summed E-state index contributed by atoms with van der Waals surface area (Å²) in [6, 6.07) is 19.8. The molecule has 0 bridgehead atoms. The lowest BCUT2D eigenvalue weighted by molar-refractivity contribution is -0.134. The second-order valence-electron chi connectivity index (χ2n) is 6.37. The molecule has 0 fully saturated rings. The topological polar surface area (TPSA) is 111 Å². The first-order chi connectivity index (χ1) is 14.8. The number of benzene rings is 3. The summed E-state index contributed by atoms with van der Waals surface area (Å²) in [4.78, 5) is 35.5. The molecule has 0 heterocycles. The Balaban J connectivity index is 1.85. The van der Waals surface area contributed by atoms with Crippen LogP contribution in [0.5, 0.6) is 5.75 Å². The third-order valence-corrected chi connectivity index (χ3v) is 4.64. The van der Waals surface area contributed by atoms with E-state index in [1.165, 1.54) is 12.1 Å². The molecule has 0 radical (unpaired) electrons. The van der Waals surface area contributed by atoms with E-state index in [2.05, 4.69) is 10.6 Å². The van der Waals surface area contributed by atoms with Gasteiger partial charge >= 0.3 is 11.8 Å². The second-order valence-corrected chi connectivity index (χ2v) is 7.22. The maximum atomic E-state index is 13.1. The Hall–Kier alpha value is -3.55. The fourth-order valence-corrected chi connectivity index (χ4v) is 2.99. The van der Waals surface area contributed by atoms with Crippen molar-refractivity contribution in [2.45, 2.75) is 6.10 Å². The summed E-state index contributed by atoms with van der Waals surface area (Å²) in [5.41, 5.74) is 6.20. The Kier molecular flexibility index (Phi) is 7.12. The Bertz CT molecular complexity index is 1120. The van der Waals surface area contributed by atoms with Crippen molar-refractivity contribution in [3.05, 3.63) is 88.4 Å². The summed E-state index contributed by atoms with van der Waals surface area (Å²) in [5.74, 6) is -2.32. The summed E-state index contributed by atoms with van der Waals surface area (Å²) in [6.07, 6.45) is -1.04. The first-order valence-electron chi connectivity index (χ1n) is 9.02. The lowest BCUT2D eigenvalue weighted by atomic mass is 10.1. The summed E-state index contributed by atoms with van der Waals surface area (Å²) >= 11 is 12.2. The van der Waals surface area contributed by atoms with Crippen molar-refractivity contribution in [2.75, 3.05) is 10.6 Å². The van der Waals surface area contributed by atoms with E-state index in [-0.39, 0.29) is 11.4 Å². The molecule has 1 unspecified atom stereocenters. The van der Waals surface area contributed by atoms with E-state index in [0.29, 0.717) is 21.3 Å². The molecule has 0 aliphatic rings. The lowest BCUT2D eigenvalue weighted by Gasteiger charge is -2.20. The van der Waals surface area contributed by atoms with Gasteiger partial charge in [-0.15, -0.1) is 0 Å². The summed E-state index contributed by atoms with van der Waals surface area (Å²) in [6.45, 7) is 0. The minimum atomic E-state index is -1.12. The van der Waals surface area contributed by atoms with Crippen LogP contribution in [-0.4, -0.2) is 17.7 Å². The molecule has 7 nitrogen and oxygen atoms in total. The van der Waals surface area contributed by atoms with Crippen molar-refractivity contribution < 1.29 is 19.1 Å². The average molecular weight is 458 g/mol. The van der Waals surface area contributed by atoms with Crippen LogP contribution in [0.1, 0.15) is 11.7 Å². The van der Waals surface area contributed by atoms with Crippen molar-refractivity contribution in [1.82, 2.24) is 0 Å². The van der Waals surface area contributed by atoms with Gasteiger partial charge in [0, 0.05) is 28.0 Å². The van der Waals surface area contributed by atoms with Crippen molar-refractivity contribution >= 4 is 52.3 Å². The van der Waals surface area contributed by atoms with Crippen LogP contribution in [0.3, 0.4) is 0 Å². The van der Waals surface area contributed by atoms with Crippen molar-refractivity contribution in [1.29, 1.82) is 0 Å². The third-order valence-electron chi connectivity index (χ3n) is 4.09. The molecular weight excluding hydrogens is 441 g/mol. The number of halogens is 2. The fourth-order valence-electron chi connectivity index (χ4n) is 2.67. The molecule has 3 aromatic rings. The first-order valence-corrected chi connectivity index (χ1v) is 9.77. The number of nitrogens with two attached hydrogens (primary N) is 1. The number of rotatable bonds is 6. The fraction of sp³-hybridized carbons (Fsp3) is 0.0455. The Labute approximate surface area is 188 Å². The molecule has 158 valence electrons. The van der Waals surface area contributed by atoms with Crippen LogP contribution in [-0.2, 0) is 14.4 Å². The highest BCUT2D eigenvalue weighted by atomic mass is 35.5. The number of anilines is 2. The molecule has 1 atom stereocenters. The number of carbonyl (C=O) groups excluding carboxylic acids is 3. The average Bonchev–Trinajstić information content (AvgIpc) is 2.75. The number of hydrogen-bond acceptors (Lipinski definition) is 4. The van der Waals surface area contributed by atoms with Crippen LogP contribution >= 0.6 is 23.2 Å². The summed E-state index contributed by atoms with van der Waals surface area (Å²) in [5, 5.41) is 5.78. The van der Waals surface area contributed by atoms with Gasteiger partial charge in [0.05, 0.1) is 5.02 Å². The maximum Gasteiger partial charge on any atom is 0.313 e. The molecule has 0 aromatic heterocycles. The van der Waals surface area contributed by atoms with Crippen molar-refractivity contribution in [3.8, 4) is 5.75 Å². The molecule has 3 aromatic carbocycles. The quantitative estimate of drug-likeness (QED) is 0.482. The standard InChI is InChI=1S/C22H17Cl2N3O4/c23-14-9-10-17(24)18(11-14)31-19(13-5-2-1-3-6-13)21(29)26-15-7-4-8-16(12-15)27-22(30)20(25)28/h1-12,19H,(H2,25,28)(H,26,29)(H,27,30). The monoisotopic (exact) mass is 457 g/mol. The SMILES string of the molecule is NC(=O)C(=O)Nc1cccc(NC(=O)C(Oc2cc(Cl)ccc2Cl)c2ccccc2)c1. The van der Waals surface area contributed by atoms with Crippen molar-refractivity contribution in [3.63, 3.8) is 0 Å². The predicted octanol–water partition coefficient (Wildman–Crippen LogP) is 4.18. The number of hydrogen-bond donors (Lipinski definition) is 3. The molecule has 4 N–H and O–H groups in total. The first kappa shape index (κ1) is 22.1. The zero-order chi connectivity index (χ0) is 22.4. The Morgan fingerprint density at radius 1 is 0.839 bits per heavy atom. The summed E-state index contributed by atoms with van der Waals surface area (Å²) in [7, 11) is 0. The van der Waals surface area contributed by atoms with Gasteiger partial charge in [0.2, 0.25) is 6.10 Å². The lowest BCUT2D eigenvalue weighted by Crippen LogP contribution is -2.29. The minimum Gasteiger partial charge on any atom is -0.474 e. The van der Waals surface area contributed by atoms with Crippen LogP contribution in [0, 0.1) is 0 Å². The van der Waals surface area contributed by atoms with E-state index in [1.54, 1.807) is 54.6 Å².